The molecule has 2 atom stereocenters. The molecule has 3 nitrogen and oxygen atoms in total. The first-order chi connectivity index (χ1) is 27.7. The van der Waals surface area contributed by atoms with Crippen molar-refractivity contribution < 1.29 is 0 Å². The molecule has 0 saturated carbocycles. The predicted molar refractivity (Wildman–Crippen MR) is 236 cm³/mol. The molecule has 0 radical (unpaired) electrons. The number of fused-ring (bicyclic) bond motifs is 10. The summed E-state index contributed by atoms with van der Waals surface area (Å²) in [4.78, 5) is 2.38. The Morgan fingerprint density at radius 3 is 1.88 bits per heavy atom. The Bertz CT molecular complexity index is 3120. The Kier molecular flexibility index (Phi) is 7.61. The van der Waals surface area contributed by atoms with Gasteiger partial charge in [-0.05, 0) is 73.6 Å². The van der Waals surface area contributed by atoms with Crippen LogP contribution in [0.1, 0.15) is 28.9 Å². The van der Waals surface area contributed by atoms with Gasteiger partial charge in [0.05, 0.1) is 17.1 Å². The van der Waals surface area contributed by atoms with Crippen LogP contribution in [-0.2, 0) is 0 Å². The highest BCUT2D eigenvalue weighted by atomic mass is 15.3. The molecule has 266 valence electrons. The molecule has 0 fully saturated rings. The third kappa shape index (κ3) is 5.16. The van der Waals surface area contributed by atoms with E-state index in [4.69, 9.17) is 0 Å². The van der Waals surface area contributed by atoms with E-state index < -0.39 is 0 Å². The van der Waals surface area contributed by atoms with E-state index in [0.717, 1.165) is 5.69 Å². The Morgan fingerprint density at radius 1 is 0.446 bits per heavy atom. The third-order valence-corrected chi connectivity index (χ3v) is 11.8. The van der Waals surface area contributed by atoms with Crippen molar-refractivity contribution in [2.24, 2.45) is 0 Å². The predicted octanol–water partition coefficient (Wildman–Crippen LogP) is 13.2. The van der Waals surface area contributed by atoms with Crippen molar-refractivity contribution in [3.63, 3.8) is 0 Å². The lowest BCUT2D eigenvalue weighted by molar-refractivity contribution is 0.263. The molecular weight excluding hydrogens is 679 g/mol. The number of rotatable bonds is 5. The van der Waals surface area contributed by atoms with E-state index in [0.29, 0.717) is 0 Å². The summed E-state index contributed by atoms with van der Waals surface area (Å²) in [6, 6.07) is 70.8. The van der Waals surface area contributed by atoms with Crippen LogP contribution < -0.4 is 5.32 Å². The van der Waals surface area contributed by atoms with E-state index in [2.05, 4.69) is 222 Å². The first kappa shape index (κ1) is 32.5. The van der Waals surface area contributed by atoms with Crippen molar-refractivity contribution in [1.82, 2.24) is 14.8 Å². The molecular formula is C53H39N3. The van der Waals surface area contributed by atoms with Gasteiger partial charge in [0.2, 0.25) is 0 Å². The molecule has 3 heteroatoms. The number of para-hydroxylation sites is 1. The minimum Gasteiger partial charge on any atom is -0.355 e. The lowest BCUT2D eigenvalue weighted by Crippen LogP contribution is -2.40. The Balaban J connectivity index is 1.10. The van der Waals surface area contributed by atoms with E-state index in [1.165, 1.54) is 87.6 Å². The maximum absolute atomic E-state index is 4.06. The Hall–Kier alpha value is -6.94. The largest absolute Gasteiger partial charge is 0.355 e. The number of nitrogens with zero attached hydrogens (tertiary/aromatic N) is 2. The first-order valence-corrected chi connectivity index (χ1v) is 19.5. The average molecular weight is 718 g/mol. The first-order valence-electron chi connectivity index (χ1n) is 19.5. The monoisotopic (exact) mass is 717 g/mol. The molecule has 0 bridgehead atoms. The molecule has 1 aromatic heterocycles. The van der Waals surface area contributed by atoms with E-state index in [-0.39, 0.29) is 12.2 Å². The number of benzene rings is 9. The van der Waals surface area contributed by atoms with Crippen LogP contribution in [0.25, 0.3) is 76.6 Å². The van der Waals surface area contributed by atoms with Crippen LogP contribution in [-0.4, -0.2) is 16.5 Å². The number of hydrogen-bond acceptors (Lipinski definition) is 2. The van der Waals surface area contributed by atoms with Crippen molar-refractivity contribution >= 4 is 59.8 Å². The quantitative estimate of drug-likeness (QED) is 0.179. The van der Waals surface area contributed by atoms with Crippen molar-refractivity contribution in [3.05, 3.63) is 217 Å². The molecule has 56 heavy (non-hydrogen) atoms. The number of hydrogen-bond donors (Lipinski definition) is 1. The molecule has 0 spiro atoms. The minimum atomic E-state index is -0.0366. The zero-order chi connectivity index (χ0) is 37.2. The molecule has 0 saturated heterocycles. The van der Waals surface area contributed by atoms with Gasteiger partial charge in [0.1, 0.15) is 6.17 Å². The zero-order valence-electron chi connectivity index (χ0n) is 31.1. The molecule has 9 aromatic carbocycles. The molecule has 0 amide bonds. The van der Waals surface area contributed by atoms with Crippen molar-refractivity contribution in [3.8, 4) is 16.8 Å². The highest BCUT2D eigenvalue weighted by molar-refractivity contribution is 6.36. The van der Waals surface area contributed by atoms with Crippen LogP contribution >= 0.6 is 0 Å². The van der Waals surface area contributed by atoms with Crippen molar-refractivity contribution in [1.29, 1.82) is 0 Å². The van der Waals surface area contributed by atoms with Crippen LogP contribution in [0.4, 0.5) is 0 Å². The second-order valence-electron chi connectivity index (χ2n) is 15.0. The van der Waals surface area contributed by atoms with Crippen LogP contribution in [0.3, 0.4) is 0 Å². The maximum atomic E-state index is 4.06. The van der Waals surface area contributed by atoms with Gasteiger partial charge < -0.3 is 9.47 Å². The topological polar surface area (TPSA) is 20.2 Å². The minimum absolute atomic E-state index is 0.0326. The standard InChI is InChI=1S/C53H39N3/c1-55-49(38-18-6-3-7-19-38)34-47(54-53(55)39-29-27-36(28-30-39)35-15-4-2-5-16-35)40-20-14-21-41(33-40)56-48-26-13-12-25-46(48)51-50-42-22-9-8-17-37(42)31-32-44(50)43-23-10-11-24-45(43)52(51)56/h2-34,47,53-54H,1H3. The fourth-order valence-electron chi connectivity index (χ4n) is 9.22. The van der Waals surface area contributed by atoms with Gasteiger partial charge in [-0.15, -0.1) is 0 Å². The summed E-state index contributed by atoms with van der Waals surface area (Å²) in [5.74, 6) is 0. The highest BCUT2D eigenvalue weighted by Crippen LogP contribution is 2.45. The van der Waals surface area contributed by atoms with Gasteiger partial charge in [-0.25, -0.2) is 0 Å². The molecule has 0 aliphatic carbocycles. The second-order valence-corrected chi connectivity index (χ2v) is 15.0. The third-order valence-electron chi connectivity index (χ3n) is 11.8. The molecule has 10 aromatic rings. The van der Waals surface area contributed by atoms with Crippen molar-refractivity contribution in [2.75, 3.05) is 7.05 Å². The normalized spacial score (nSPS) is 15.9. The van der Waals surface area contributed by atoms with Crippen LogP contribution in [0.5, 0.6) is 0 Å². The van der Waals surface area contributed by atoms with Crippen molar-refractivity contribution in [2.45, 2.75) is 12.2 Å². The van der Waals surface area contributed by atoms with Gasteiger partial charge in [-0.3, -0.25) is 5.32 Å². The summed E-state index contributed by atoms with van der Waals surface area (Å²) in [5.41, 5.74) is 10.9. The average Bonchev–Trinajstić information content (AvgIpc) is 3.62. The highest BCUT2D eigenvalue weighted by Gasteiger charge is 2.29. The SMILES string of the molecule is CN1C(c2ccccc2)=CC(c2cccc(-n3c4ccccc4c4c5c6ccccc6ccc5c5ccccc5c43)c2)NC1c1ccc(-c2ccccc2)cc1. The van der Waals surface area contributed by atoms with Gasteiger partial charge in [-0.1, -0.05) is 176 Å². The molecule has 1 N–H and O–H groups in total. The lowest BCUT2D eigenvalue weighted by Gasteiger charge is -2.40. The molecule has 2 unspecified atom stereocenters. The summed E-state index contributed by atoms with van der Waals surface area (Å²) in [7, 11) is 2.20. The van der Waals surface area contributed by atoms with Gasteiger partial charge in [0, 0.05) is 40.0 Å². The lowest BCUT2D eigenvalue weighted by atomic mass is 9.93. The molecule has 1 aliphatic heterocycles. The summed E-state index contributed by atoms with van der Waals surface area (Å²) in [6.45, 7) is 0. The Morgan fingerprint density at radius 2 is 1.09 bits per heavy atom. The van der Waals surface area contributed by atoms with Crippen LogP contribution in [0.15, 0.2) is 200 Å². The van der Waals surface area contributed by atoms with Gasteiger partial charge in [0.15, 0.2) is 0 Å². The van der Waals surface area contributed by atoms with E-state index in [1.54, 1.807) is 0 Å². The summed E-state index contributed by atoms with van der Waals surface area (Å²) < 4.78 is 2.51. The van der Waals surface area contributed by atoms with Crippen LogP contribution in [0, 0.1) is 0 Å². The fourth-order valence-corrected chi connectivity index (χ4v) is 9.22. The fraction of sp³-hybridized carbons (Fsp3) is 0.0566. The molecule has 1 aliphatic rings. The summed E-state index contributed by atoms with van der Waals surface area (Å²) in [5, 5.41) is 14.3. The van der Waals surface area contributed by atoms with E-state index >= 15 is 0 Å². The smallest absolute Gasteiger partial charge is 0.106 e. The van der Waals surface area contributed by atoms with Gasteiger partial charge in [0.25, 0.3) is 0 Å². The van der Waals surface area contributed by atoms with E-state index in [9.17, 15) is 0 Å². The Labute approximate surface area is 326 Å². The zero-order valence-corrected chi connectivity index (χ0v) is 31.1. The molecule has 11 rings (SSSR count). The number of aromatic nitrogens is 1. The number of nitrogens with one attached hydrogen (secondary N) is 1. The van der Waals surface area contributed by atoms with Crippen LogP contribution in [0.2, 0.25) is 0 Å². The van der Waals surface area contributed by atoms with Gasteiger partial charge >= 0.3 is 0 Å². The van der Waals surface area contributed by atoms with E-state index in [1.807, 2.05) is 0 Å². The summed E-state index contributed by atoms with van der Waals surface area (Å²) in [6.07, 6.45) is 2.36. The molecule has 2 heterocycles. The van der Waals surface area contributed by atoms with Gasteiger partial charge in [-0.2, -0.15) is 0 Å². The summed E-state index contributed by atoms with van der Waals surface area (Å²) >= 11 is 0. The maximum Gasteiger partial charge on any atom is 0.106 e. The second kappa shape index (κ2) is 13.1.